The van der Waals surface area contributed by atoms with E-state index < -0.39 is 0 Å². The molecule has 0 radical (unpaired) electrons. The number of likely N-dealkylation sites (N-methyl/N-ethyl adjacent to an activating group) is 1. The molecule has 25 heavy (non-hydrogen) atoms. The summed E-state index contributed by atoms with van der Waals surface area (Å²) >= 11 is 3.53. The van der Waals surface area contributed by atoms with Gasteiger partial charge in [0.05, 0.1) is 5.69 Å². The predicted molar refractivity (Wildman–Crippen MR) is 107 cm³/mol. The Morgan fingerprint density at radius 3 is 2.68 bits per heavy atom. The second kappa shape index (κ2) is 7.56. The Hall–Kier alpha value is -1.89. The van der Waals surface area contributed by atoms with Gasteiger partial charge in [-0.15, -0.1) is 0 Å². The zero-order valence-corrected chi connectivity index (χ0v) is 16.9. The van der Waals surface area contributed by atoms with Gasteiger partial charge >= 0.3 is 0 Å². The first kappa shape index (κ1) is 17.9. The molecule has 3 rings (SSSR count). The molecule has 1 atom stereocenters. The van der Waals surface area contributed by atoms with Crippen molar-refractivity contribution in [3.05, 3.63) is 34.6 Å². The minimum absolute atomic E-state index is 0.407. The maximum atomic E-state index is 4.73. The first-order chi connectivity index (χ1) is 12.0. The van der Waals surface area contributed by atoms with Gasteiger partial charge in [-0.3, -0.25) is 0 Å². The molecule has 0 saturated carbocycles. The molecule has 0 amide bonds. The molecule has 0 aromatic carbocycles. The number of rotatable bonds is 4. The van der Waals surface area contributed by atoms with Crippen LogP contribution in [0.15, 0.2) is 28.9 Å². The third-order valence-corrected chi connectivity index (χ3v) is 5.50. The molecule has 1 fully saturated rings. The molecule has 1 unspecified atom stereocenters. The number of pyridine rings is 1. The van der Waals surface area contributed by atoms with Crippen LogP contribution in [-0.4, -0.2) is 55.2 Å². The molecule has 1 aliphatic rings. The van der Waals surface area contributed by atoms with Gasteiger partial charge in [0.2, 0.25) is 5.95 Å². The Kier molecular flexibility index (Phi) is 5.42. The summed E-state index contributed by atoms with van der Waals surface area (Å²) in [5.41, 5.74) is 1.03. The lowest BCUT2D eigenvalue weighted by atomic mass is 10.0. The monoisotopic (exact) mass is 404 g/mol. The van der Waals surface area contributed by atoms with Crippen LogP contribution in [0.2, 0.25) is 0 Å². The number of hydrogen-bond donors (Lipinski definition) is 0. The van der Waals surface area contributed by atoms with Gasteiger partial charge in [-0.2, -0.15) is 4.98 Å². The van der Waals surface area contributed by atoms with Crippen molar-refractivity contribution >= 4 is 33.5 Å². The summed E-state index contributed by atoms with van der Waals surface area (Å²) in [6.45, 7) is 4.03. The van der Waals surface area contributed by atoms with Crippen molar-refractivity contribution in [2.45, 2.75) is 25.8 Å². The lowest BCUT2D eigenvalue weighted by molar-refractivity contribution is 0.483. The van der Waals surface area contributed by atoms with Crippen molar-refractivity contribution in [1.82, 2.24) is 15.0 Å². The van der Waals surface area contributed by atoms with Gasteiger partial charge in [-0.05, 0) is 53.9 Å². The average Bonchev–Trinajstić information content (AvgIpc) is 2.63. The van der Waals surface area contributed by atoms with Crippen molar-refractivity contribution in [2.75, 3.05) is 48.9 Å². The van der Waals surface area contributed by atoms with E-state index in [-0.39, 0.29) is 0 Å². The van der Waals surface area contributed by atoms with E-state index in [1.165, 1.54) is 0 Å². The molecule has 134 valence electrons. The number of hydrogen-bond acceptors (Lipinski definition) is 6. The first-order valence-corrected chi connectivity index (χ1v) is 9.36. The SMILES string of the molecule is Cc1nc(N2CCCC(N(C)c3ccnc(N(C)C)n3)C2)ccc1Br. The highest BCUT2D eigenvalue weighted by molar-refractivity contribution is 9.10. The molecule has 3 heterocycles. The van der Waals surface area contributed by atoms with E-state index in [1.807, 2.05) is 38.2 Å². The molecule has 6 nitrogen and oxygen atoms in total. The molecule has 0 spiro atoms. The minimum atomic E-state index is 0.407. The normalized spacial score (nSPS) is 17.5. The highest BCUT2D eigenvalue weighted by atomic mass is 79.9. The van der Waals surface area contributed by atoms with Gasteiger partial charge in [-0.1, -0.05) is 0 Å². The fourth-order valence-corrected chi connectivity index (χ4v) is 3.34. The Balaban J connectivity index is 1.76. The van der Waals surface area contributed by atoms with Crippen LogP contribution < -0.4 is 14.7 Å². The second-order valence-corrected chi connectivity index (χ2v) is 7.55. The van der Waals surface area contributed by atoms with Gasteiger partial charge in [0.15, 0.2) is 0 Å². The smallest absolute Gasteiger partial charge is 0.226 e. The number of halogens is 1. The Morgan fingerprint density at radius 2 is 1.96 bits per heavy atom. The average molecular weight is 405 g/mol. The molecule has 0 bridgehead atoms. The number of piperidine rings is 1. The summed E-state index contributed by atoms with van der Waals surface area (Å²) in [6.07, 6.45) is 4.13. The number of aromatic nitrogens is 3. The zero-order valence-electron chi connectivity index (χ0n) is 15.3. The van der Waals surface area contributed by atoms with Crippen molar-refractivity contribution in [1.29, 1.82) is 0 Å². The fraction of sp³-hybridized carbons (Fsp3) is 0.500. The maximum absolute atomic E-state index is 4.73. The van der Waals surface area contributed by atoms with E-state index in [0.29, 0.717) is 6.04 Å². The molecular formula is C18H25BrN6. The second-order valence-electron chi connectivity index (χ2n) is 6.70. The van der Waals surface area contributed by atoms with Crippen LogP contribution >= 0.6 is 15.9 Å². The minimum Gasteiger partial charge on any atom is -0.355 e. The maximum Gasteiger partial charge on any atom is 0.226 e. The number of anilines is 3. The molecule has 0 N–H and O–H groups in total. The molecular weight excluding hydrogens is 380 g/mol. The summed E-state index contributed by atoms with van der Waals surface area (Å²) in [5.74, 6) is 2.75. The fourth-order valence-electron chi connectivity index (χ4n) is 3.12. The van der Waals surface area contributed by atoms with E-state index >= 15 is 0 Å². The zero-order chi connectivity index (χ0) is 18.0. The van der Waals surface area contributed by atoms with Gasteiger partial charge in [0.1, 0.15) is 11.6 Å². The quantitative estimate of drug-likeness (QED) is 0.779. The predicted octanol–water partition coefficient (Wildman–Crippen LogP) is 3.11. The van der Waals surface area contributed by atoms with Crippen molar-refractivity contribution in [3.8, 4) is 0 Å². The van der Waals surface area contributed by atoms with E-state index in [0.717, 1.165) is 53.7 Å². The largest absolute Gasteiger partial charge is 0.355 e. The van der Waals surface area contributed by atoms with Gasteiger partial charge in [-0.25, -0.2) is 9.97 Å². The summed E-state index contributed by atoms with van der Waals surface area (Å²) < 4.78 is 1.05. The highest BCUT2D eigenvalue weighted by Gasteiger charge is 2.25. The van der Waals surface area contributed by atoms with Gasteiger partial charge < -0.3 is 14.7 Å². The molecule has 1 saturated heterocycles. The van der Waals surface area contributed by atoms with Crippen LogP contribution in [0.25, 0.3) is 0 Å². The lowest BCUT2D eigenvalue weighted by Gasteiger charge is -2.39. The summed E-state index contributed by atoms with van der Waals surface area (Å²) in [7, 11) is 6.04. The highest BCUT2D eigenvalue weighted by Crippen LogP contribution is 2.25. The molecule has 2 aromatic heterocycles. The molecule has 2 aromatic rings. The van der Waals surface area contributed by atoms with Crippen molar-refractivity contribution in [3.63, 3.8) is 0 Å². The molecule has 7 heteroatoms. The van der Waals surface area contributed by atoms with Crippen LogP contribution in [0.4, 0.5) is 17.6 Å². The number of aryl methyl sites for hydroxylation is 1. The van der Waals surface area contributed by atoms with Crippen LogP contribution in [-0.2, 0) is 0 Å². The first-order valence-electron chi connectivity index (χ1n) is 8.57. The standard InChI is InChI=1S/C18H25BrN6/c1-13-15(19)7-8-17(21-13)25-11-5-6-14(12-25)24(4)16-9-10-20-18(22-16)23(2)3/h7-10,14H,5-6,11-12H2,1-4H3. The third-order valence-electron chi connectivity index (χ3n) is 4.66. The van der Waals surface area contributed by atoms with Crippen molar-refractivity contribution < 1.29 is 0 Å². The Bertz CT molecular complexity index is 735. The van der Waals surface area contributed by atoms with Crippen LogP contribution in [0.5, 0.6) is 0 Å². The van der Waals surface area contributed by atoms with Crippen LogP contribution in [0.3, 0.4) is 0 Å². The van der Waals surface area contributed by atoms with E-state index in [2.05, 4.69) is 54.9 Å². The Labute approximate surface area is 158 Å². The lowest BCUT2D eigenvalue weighted by Crippen LogP contribution is -2.47. The van der Waals surface area contributed by atoms with E-state index in [9.17, 15) is 0 Å². The number of nitrogens with zero attached hydrogens (tertiary/aromatic N) is 6. The van der Waals surface area contributed by atoms with Crippen molar-refractivity contribution in [2.24, 2.45) is 0 Å². The van der Waals surface area contributed by atoms with Crippen LogP contribution in [0.1, 0.15) is 18.5 Å². The molecule has 1 aliphatic heterocycles. The summed E-state index contributed by atoms with van der Waals surface area (Å²) in [6, 6.07) is 6.56. The summed E-state index contributed by atoms with van der Waals surface area (Å²) in [5, 5.41) is 0. The summed E-state index contributed by atoms with van der Waals surface area (Å²) in [4.78, 5) is 20.3. The van der Waals surface area contributed by atoms with E-state index in [1.54, 1.807) is 0 Å². The topological polar surface area (TPSA) is 48.4 Å². The van der Waals surface area contributed by atoms with Crippen LogP contribution in [0, 0.1) is 6.92 Å². The van der Waals surface area contributed by atoms with Gasteiger partial charge in [0.25, 0.3) is 0 Å². The van der Waals surface area contributed by atoms with E-state index in [4.69, 9.17) is 4.98 Å². The Morgan fingerprint density at radius 1 is 1.16 bits per heavy atom. The molecule has 0 aliphatic carbocycles. The van der Waals surface area contributed by atoms with Gasteiger partial charge in [0, 0.05) is 50.9 Å². The third kappa shape index (κ3) is 4.03.